The third-order valence-corrected chi connectivity index (χ3v) is 10.9. The zero-order valence-electron chi connectivity index (χ0n) is 26.8. The number of para-hydroxylation sites is 1. The van der Waals surface area contributed by atoms with Gasteiger partial charge in [-0.3, -0.25) is 9.80 Å². The Morgan fingerprint density at radius 3 is 2.39 bits per heavy atom. The van der Waals surface area contributed by atoms with Gasteiger partial charge in [0.05, 0.1) is 12.2 Å². The number of anilines is 2. The first-order valence-electron chi connectivity index (χ1n) is 17.2. The lowest BCUT2D eigenvalue weighted by atomic mass is 9.95. The van der Waals surface area contributed by atoms with Gasteiger partial charge in [-0.2, -0.15) is 0 Å². The van der Waals surface area contributed by atoms with E-state index < -0.39 is 0 Å². The lowest BCUT2D eigenvalue weighted by molar-refractivity contribution is 0.104. The molecule has 46 heavy (non-hydrogen) atoms. The van der Waals surface area contributed by atoms with Crippen molar-refractivity contribution in [2.45, 2.75) is 102 Å². The van der Waals surface area contributed by atoms with E-state index in [1.54, 1.807) is 12.1 Å². The van der Waals surface area contributed by atoms with Gasteiger partial charge in [-0.05, 0) is 88.3 Å². The number of piperidine rings is 1. The number of fused-ring (bicyclic) bond motifs is 3. The second kappa shape index (κ2) is 13.7. The van der Waals surface area contributed by atoms with Crippen molar-refractivity contribution in [1.82, 2.24) is 24.7 Å². The average molecular weight is 644 g/mol. The van der Waals surface area contributed by atoms with Crippen LogP contribution in [0.15, 0.2) is 54.6 Å². The molecule has 3 atom stereocenters. The highest BCUT2D eigenvalue weighted by Crippen LogP contribution is 2.42. The fraction of sp³-hybridized carbons (Fsp3) is 0.528. The van der Waals surface area contributed by atoms with Crippen LogP contribution < -0.4 is 15.5 Å². The van der Waals surface area contributed by atoms with Gasteiger partial charge in [-0.1, -0.05) is 42.6 Å². The first kappa shape index (κ1) is 31.1. The molecule has 2 N–H and O–H groups in total. The molecule has 3 aliphatic heterocycles. The molecule has 3 aromatic rings. The second-order valence-electron chi connectivity index (χ2n) is 13.6. The molecule has 0 radical (unpaired) electrons. The Morgan fingerprint density at radius 1 is 0.957 bits per heavy atom. The van der Waals surface area contributed by atoms with E-state index in [0.29, 0.717) is 42.3 Å². The summed E-state index contributed by atoms with van der Waals surface area (Å²) < 4.78 is 2.53. The van der Waals surface area contributed by atoms with Crippen LogP contribution in [0.5, 0.6) is 0 Å². The average Bonchev–Trinajstić information content (AvgIpc) is 3.75. The number of aromatic nitrogens is 2. The molecule has 9 nitrogen and oxygen atoms in total. The first-order chi connectivity index (χ1) is 22.4. The van der Waals surface area contributed by atoms with E-state index in [9.17, 15) is 9.59 Å². The minimum Gasteiger partial charge on any atom is -0.335 e. The molecule has 244 valence electrons. The number of amides is 4. The Hall–Kier alpha value is -3.56. The van der Waals surface area contributed by atoms with Crippen molar-refractivity contribution in [3.8, 4) is 0 Å². The smallest absolute Gasteiger partial charge is 0.326 e. The van der Waals surface area contributed by atoms with Gasteiger partial charge in [-0.25, -0.2) is 14.6 Å². The van der Waals surface area contributed by atoms with Crippen LogP contribution in [0.3, 0.4) is 0 Å². The predicted octanol–water partition coefficient (Wildman–Crippen LogP) is 7.15. The van der Waals surface area contributed by atoms with Crippen LogP contribution in [-0.4, -0.2) is 69.2 Å². The SMILES string of the molecule is Cc1nc2c(n1C1C[C@H]3CC[C@@H](C1)N3CCCN(C(=O)Nc1ccc(Cl)cc1)c1ccccc1)CCN(C(=O)NC1CCCC1)C2. The minimum absolute atomic E-state index is 0.0735. The molecule has 4 amide bonds. The minimum atomic E-state index is -0.134. The Balaban J connectivity index is 0.966. The number of aryl methyl sites for hydroxylation is 1. The number of hydrogen-bond acceptors (Lipinski definition) is 4. The van der Waals surface area contributed by atoms with Crippen molar-refractivity contribution in [3.63, 3.8) is 0 Å². The summed E-state index contributed by atoms with van der Waals surface area (Å²) in [6, 6.07) is 19.0. The number of hydrogen-bond donors (Lipinski definition) is 2. The highest BCUT2D eigenvalue weighted by molar-refractivity contribution is 6.30. The molecule has 10 heteroatoms. The number of carbonyl (C=O) groups excluding carboxylic acids is 2. The number of nitrogens with zero attached hydrogens (tertiary/aromatic N) is 5. The number of halogens is 1. The molecule has 2 bridgehead atoms. The standard InChI is InChI=1S/C36H46ClN7O2/c1-25-38-33-24-41(35(45)39-27-8-5-6-9-27)21-18-34(33)44(25)32-22-30-16-17-31(23-32)42(30)19-7-20-43(29-10-3-2-4-11-29)36(46)40-28-14-12-26(37)13-15-28/h2-4,10-15,27,30-32H,5-9,16-24H2,1H3,(H,39,45)(H,40,46)/t30-,31+,32?. The van der Waals surface area contributed by atoms with Crippen molar-refractivity contribution >= 4 is 35.0 Å². The molecule has 1 saturated carbocycles. The Kier molecular flexibility index (Phi) is 9.22. The van der Waals surface area contributed by atoms with E-state index in [1.165, 1.54) is 31.4 Å². The molecule has 3 fully saturated rings. The van der Waals surface area contributed by atoms with Crippen LogP contribution in [0, 0.1) is 6.92 Å². The van der Waals surface area contributed by atoms with Crippen LogP contribution >= 0.6 is 11.6 Å². The fourth-order valence-corrected chi connectivity index (χ4v) is 8.57. The molecule has 4 aliphatic rings. The number of nitrogens with one attached hydrogen (secondary N) is 2. The third kappa shape index (κ3) is 6.63. The topological polar surface area (TPSA) is 85.7 Å². The highest BCUT2D eigenvalue weighted by atomic mass is 35.5. The van der Waals surface area contributed by atoms with Crippen LogP contribution in [0.4, 0.5) is 21.0 Å². The van der Waals surface area contributed by atoms with Crippen LogP contribution in [-0.2, 0) is 13.0 Å². The Bertz CT molecular complexity index is 1510. The monoisotopic (exact) mass is 643 g/mol. The Morgan fingerprint density at radius 2 is 1.67 bits per heavy atom. The van der Waals surface area contributed by atoms with Crippen molar-refractivity contribution in [2.24, 2.45) is 0 Å². The van der Waals surface area contributed by atoms with E-state index in [0.717, 1.165) is 74.5 Å². The summed E-state index contributed by atoms with van der Waals surface area (Å²) in [5.74, 6) is 1.09. The number of imidazole rings is 1. The van der Waals surface area contributed by atoms with E-state index in [-0.39, 0.29) is 12.1 Å². The summed E-state index contributed by atoms with van der Waals surface area (Å²) in [5.41, 5.74) is 4.04. The lowest BCUT2D eigenvalue weighted by Crippen LogP contribution is -2.47. The van der Waals surface area contributed by atoms with Gasteiger partial charge in [0, 0.05) is 72.3 Å². The van der Waals surface area contributed by atoms with Gasteiger partial charge in [0.1, 0.15) is 5.82 Å². The summed E-state index contributed by atoms with van der Waals surface area (Å²) in [6.45, 7) is 5.12. The van der Waals surface area contributed by atoms with Crippen molar-refractivity contribution < 1.29 is 9.59 Å². The van der Waals surface area contributed by atoms with Crippen molar-refractivity contribution in [1.29, 1.82) is 0 Å². The second-order valence-corrected chi connectivity index (χ2v) is 14.0. The van der Waals surface area contributed by atoms with Gasteiger partial charge in [0.25, 0.3) is 0 Å². The van der Waals surface area contributed by atoms with Crippen LogP contribution in [0.1, 0.15) is 81.0 Å². The van der Waals surface area contributed by atoms with Gasteiger partial charge >= 0.3 is 12.1 Å². The zero-order chi connectivity index (χ0) is 31.6. The molecule has 1 aliphatic carbocycles. The summed E-state index contributed by atoms with van der Waals surface area (Å²) in [6.07, 6.45) is 11.1. The first-order valence-corrected chi connectivity index (χ1v) is 17.6. The summed E-state index contributed by atoms with van der Waals surface area (Å²) in [4.78, 5) is 37.9. The normalized spacial score (nSPS) is 22.9. The highest BCUT2D eigenvalue weighted by Gasteiger charge is 2.42. The molecule has 0 spiro atoms. The summed E-state index contributed by atoms with van der Waals surface area (Å²) >= 11 is 6.05. The lowest BCUT2D eigenvalue weighted by Gasteiger charge is -2.41. The largest absolute Gasteiger partial charge is 0.335 e. The van der Waals surface area contributed by atoms with Gasteiger partial charge < -0.3 is 20.1 Å². The molecule has 1 aromatic heterocycles. The van der Waals surface area contributed by atoms with Crippen molar-refractivity contribution in [3.05, 3.63) is 76.8 Å². The third-order valence-electron chi connectivity index (χ3n) is 10.6. The number of benzene rings is 2. The quantitative estimate of drug-likeness (QED) is 0.273. The maximum Gasteiger partial charge on any atom is 0.326 e. The number of urea groups is 2. The molecule has 7 rings (SSSR count). The maximum atomic E-state index is 13.4. The van der Waals surface area contributed by atoms with Gasteiger partial charge in [0.2, 0.25) is 0 Å². The van der Waals surface area contributed by atoms with E-state index in [4.69, 9.17) is 16.6 Å². The predicted molar refractivity (Wildman–Crippen MR) is 183 cm³/mol. The number of carbonyl (C=O) groups is 2. The molecule has 2 saturated heterocycles. The molecular weight excluding hydrogens is 598 g/mol. The zero-order valence-corrected chi connectivity index (χ0v) is 27.6. The van der Waals surface area contributed by atoms with E-state index >= 15 is 0 Å². The van der Waals surface area contributed by atoms with Crippen LogP contribution in [0.2, 0.25) is 5.02 Å². The van der Waals surface area contributed by atoms with E-state index in [2.05, 4.69) is 27.0 Å². The Labute approximate surface area is 277 Å². The van der Waals surface area contributed by atoms with Gasteiger partial charge in [0.15, 0.2) is 0 Å². The molecule has 4 heterocycles. The summed E-state index contributed by atoms with van der Waals surface area (Å²) in [5, 5.41) is 6.94. The maximum absolute atomic E-state index is 13.4. The van der Waals surface area contributed by atoms with Gasteiger partial charge in [-0.15, -0.1) is 0 Å². The molecule has 2 aromatic carbocycles. The summed E-state index contributed by atoms with van der Waals surface area (Å²) in [7, 11) is 0. The number of rotatable bonds is 8. The van der Waals surface area contributed by atoms with Crippen LogP contribution in [0.25, 0.3) is 0 Å². The molecule has 1 unspecified atom stereocenters. The fourth-order valence-electron chi connectivity index (χ4n) is 8.45. The molecular formula is C36H46ClN7O2. The van der Waals surface area contributed by atoms with E-state index in [1.807, 2.05) is 52.3 Å². The van der Waals surface area contributed by atoms with Crippen molar-refractivity contribution in [2.75, 3.05) is 29.9 Å².